The van der Waals surface area contributed by atoms with Crippen LogP contribution in [0.1, 0.15) is 5.56 Å². The maximum atomic E-state index is 5.13. The Hall–Kier alpha value is -5.94. The van der Waals surface area contributed by atoms with Gasteiger partial charge in [0.2, 0.25) is 0 Å². The van der Waals surface area contributed by atoms with Crippen LogP contribution in [0.2, 0.25) is 0 Å². The summed E-state index contributed by atoms with van der Waals surface area (Å²) in [5, 5.41) is 2.42. The Morgan fingerprint density at radius 1 is 0.477 bits per heavy atom. The number of hydrogen-bond donors (Lipinski definition) is 0. The Kier molecular flexibility index (Phi) is 6.27. The Labute approximate surface area is 255 Å². The highest BCUT2D eigenvalue weighted by Crippen LogP contribution is 2.38. The number of nitrogens with zero attached hydrogens (tertiary/aromatic N) is 5. The average Bonchev–Trinajstić information content (AvgIpc) is 3.42. The van der Waals surface area contributed by atoms with Crippen LogP contribution in [0.4, 0.5) is 0 Å². The molecule has 44 heavy (non-hydrogen) atoms. The van der Waals surface area contributed by atoms with Gasteiger partial charge in [0.1, 0.15) is 0 Å². The van der Waals surface area contributed by atoms with E-state index < -0.39 is 0 Å². The van der Waals surface area contributed by atoms with Crippen LogP contribution in [-0.2, 0) is 0 Å². The number of aromatic nitrogens is 5. The minimum Gasteiger partial charge on any atom is -0.309 e. The highest BCUT2D eigenvalue weighted by Gasteiger charge is 2.20. The van der Waals surface area contributed by atoms with Crippen molar-refractivity contribution in [1.29, 1.82) is 0 Å². The van der Waals surface area contributed by atoms with E-state index in [1.165, 1.54) is 16.3 Å². The van der Waals surface area contributed by atoms with Crippen LogP contribution < -0.4 is 0 Å². The molecular formula is C39H27N5. The SMILES string of the molecule is Cc1ccc2c(c1)c1ccccc1n2-c1ccc(-c2cccnc2)cc1-c1nc(-c2ccccc2)nc(-c2ccccc2)n1. The zero-order chi connectivity index (χ0) is 29.5. The molecule has 5 aromatic carbocycles. The molecule has 0 bridgehead atoms. The summed E-state index contributed by atoms with van der Waals surface area (Å²) < 4.78 is 2.33. The number of para-hydroxylation sites is 1. The molecule has 5 nitrogen and oxygen atoms in total. The quantitative estimate of drug-likeness (QED) is 0.209. The molecule has 0 N–H and O–H groups in total. The first-order valence-electron chi connectivity index (χ1n) is 14.6. The Bertz CT molecular complexity index is 2220. The molecule has 3 aromatic heterocycles. The number of benzene rings is 5. The van der Waals surface area contributed by atoms with Crippen molar-refractivity contribution in [3.8, 4) is 51.0 Å². The molecule has 0 saturated heterocycles. The molecule has 0 radical (unpaired) electrons. The average molecular weight is 566 g/mol. The van der Waals surface area contributed by atoms with Gasteiger partial charge in [-0.15, -0.1) is 0 Å². The highest BCUT2D eigenvalue weighted by atomic mass is 15.1. The first-order chi connectivity index (χ1) is 21.7. The van der Waals surface area contributed by atoms with Crippen LogP contribution in [0.15, 0.2) is 146 Å². The molecule has 0 unspecified atom stereocenters. The molecular weight excluding hydrogens is 538 g/mol. The van der Waals surface area contributed by atoms with Crippen molar-refractivity contribution in [1.82, 2.24) is 24.5 Å². The van der Waals surface area contributed by atoms with Crippen molar-refractivity contribution in [2.75, 3.05) is 0 Å². The second-order valence-electron chi connectivity index (χ2n) is 10.9. The van der Waals surface area contributed by atoms with E-state index in [0.29, 0.717) is 17.5 Å². The van der Waals surface area contributed by atoms with E-state index in [1.807, 2.05) is 72.9 Å². The van der Waals surface area contributed by atoms with E-state index in [0.717, 1.165) is 44.5 Å². The van der Waals surface area contributed by atoms with Crippen molar-refractivity contribution in [3.63, 3.8) is 0 Å². The van der Waals surface area contributed by atoms with Gasteiger partial charge in [0.05, 0.1) is 16.7 Å². The summed E-state index contributed by atoms with van der Waals surface area (Å²) in [5.74, 6) is 1.87. The summed E-state index contributed by atoms with van der Waals surface area (Å²) in [7, 11) is 0. The first-order valence-corrected chi connectivity index (χ1v) is 14.6. The summed E-state index contributed by atoms with van der Waals surface area (Å²) in [6.45, 7) is 2.14. The molecule has 3 heterocycles. The van der Waals surface area contributed by atoms with Crippen LogP contribution in [0.25, 0.3) is 72.8 Å². The van der Waals surface area contributed by atoms with E-state index >= 15 is 0 Å². The van der Waals surface area contributed by atoms with Crippen molar-refractivity contribution < 1.29 is 0 Å². The molecule has 8 rings (SSSR count). The lowest BCUT2D eigenvalue weighted by molar-refractivity contribution is 1.06. The van der Waals surface area contributed by atoms with Gasteiger partial charge in [-0.3, -0.25) is 4.98 Å². The molecule has 0 atom stereocenters. The maximum absolute atomic E-state index is 5.13. The standard InChI is InChI=1S/C39H27N5/c1-26-18-20-35-32(23-26)31-16-8-9-17-34(31)44(35)36-21-19-29(30-15-10-22-40-25-30)24-33(36)39-42-37(27-11-4-2-5-12-27)41-38(43-39)28-13-6-3-7-14-28/h2-25H,1H3. The molecule has 0 spiro atoms. The number of pyridine rings is 1. The fourth-order valence-corrected chi connectivity index (χ4v) is 5.90. The maximum Gasteiger partial charge on any atom is 0.166 e. The topological polar surface area (TPSA) is 56.5 Å². The van der Waals surface area contributed by atoms with Gasteiger partial charge in [0.15, 0.2) is 17.5 Å². The first kappa shape index (κ1) is 25.7. The summed E-state index contributed by atoms with van der Waals surface area (Å²) in [5.41, 5.74) is 9.33. The van der Waals surface area contributed by atoms with E-state index in [9.17, 15) is 0 Å². The third-order valence-corrected chi connectivity index (χ3v) is 8.00. The van der Waals surface area contributed by atoms with Gasteiger partial charge in [-0.1, -0.05) is 103 Å². The number of fused-ring (bicyclic) bond motifs is 3. The van der Waals surface area contributed by atoms with Crippen molar-refractivity contribution in [2.24, 2.45) is 0 Å². The molecule has 0 aliphatic rings. The summed E-state index contributed by atoms with van der Waals surface area (Å²) in [6.07, 6.45) is 3.68. The second-order valence-corrected chi connectivity index (χ2v) is 10.9. The molecule has 208 valence electrons. The molecule has 5 heteroatoms. The smallest absolute Gasteiger partial charge is 0.166 e. The summed E-state index contributed by atoms with van der Waals surface area (Å²) >= 11 is 0. The van der Waals surface area contributed by atoms with Crippen LogP contribution in [0.3, 0.4) is 0 Å². The van der Waals surface area contributed by atoms with Gasteiger partial charge in [-0.25, -0.2) is 15.0 Å². The van der Waals surface area contributed by atoms with Gasteiger partial charge in [-0.05, 0) is 48.9 Å². The van der Waals surface area contributed by atoms with Crippen LogP contribution in [-0.4, -0.2) is 24.5 Å². The van der Waals surface area contributed by atoms with Gasteiger partial charge in [-0.2, -0.15) is 0 Å². The molecule has 0 aliphatic heterocycles. The van der Waals surface area contributed by atoms with Crippen LogP contribution >= 0.6 is 0 Å². The van der Waals surface area contributed by atoms with E-state index in [-0.39, 0.29) is 0 Å². The summed E-state index contributed by atoms with van der Waals surface area (Å²) in [6, 6.07) is 46.0. The van der Waals surface area contributed by atoms with E-state index in [1.54, 1.807) is 6.20 Å². The minimum atomic E-state index is 0.608. The van der Waals surface area contributed by atoms with Gasteiger partial charge < -0.3 is 4.57 Å². The lowest BCUT2D eigenvalue weighted by atomic mass is 10.0. The molecule has 0 amide bonds. The highest BCUT2D eigenvalue weighted by molar-refractivity contribution is 6.10. The van der Waals surface area contributed by atoms with Gasteiger partial charge >= 0.3 is 0 Å². The van der Waals surface area contributed by atoms with Crippen LogP contribution in [0.5, 0.6) is 0 Å². The fraction of sp³-hybridized carbons (Fsp3) is 0.0256. The van der Waals surface area contributed by atoms with E-state index in [4.69, 9.17) is 15.0 Å². The normalized spacial score (nSPS) is 11.3. The van der Waals surface area contributed by atoms with Gasteiger partial charge in [0.25, 0.3) is 0 Å². The number of rotatable bonds is 5. The van der Waals surface area contributed by atoms with Crippen molar-refractivity contribution in [2.45, 2.75) is 6.92 Å². The largest absolute Gasteiger partial charge is 0.309 e. The molecule has 0 aliphatic carbocycles. The van der Waals surface area contributed by atoms with Crippen LogP contribution in [0, 0.1) is 6.92 Å². The Balaban J connectivity index is 1.46. The molecule has 8 aromatic rings. The third-order valence-electron chi connectivity index (χ3n) is 8.00. The Morgan fingerprint density at radius 2 is 1.11 bits per heavy atom. The minimum absolute atomic E-state index is 0.608. The van der Waals surface area contributed by atoms with Crippen molar-refractivity contribution >= 4 is 21.8 Å². The zero-order valence-electron chi connectivity index (χ0n) is 24.1. The lowest BCUT2D eigenvalue weighted by Crippen LogP contribution is -2.04. The predicted molar refractivity (Wildman–Crippen MR) is 178 cm³/mol. The number of aryl methyl sites for hydroxylation is 1. The van der Waals surface area contributed by atoms with Gasteiger partial charge in [0, 0.05) is 45.4 Å². The number of hydrogen-bond acceptors (Lipinski definition) is 4. The monoisotopic (exact) mass is 565 g/mol. The fourth-order valence-electron chi connectivity index (χ4n) is 5.90. The lowest BCUT2D eigenvalue weighted by Gasteiger charge is -2.16. The Morgan fingerprint density at radius 3 is 1.82 bits per heavy atom. The van der Waals surface area contributed by atoms with E-state index in [2.05, 4.69) is 83.2 Å². The zero-order valence-corrected chi connectivity index (χ0v) is 24.1. The second kappa shape index (κ2) is 10.7. The predicted octanol–water partition coefficient (Wildman–Crippen LogP) is 9.34. The molecule has 0 fully saturated rings. The summed E-state index contributed by atoms with van der Waals surface area (Å²) in [4.78, 5) is 19.6. The van der Waals surface area contributed by atoms with Crippen molar-refractivity contribution in [3.05, 3.63) is 151 Å². The third kappa shape index (κ3) is 4.52. The molecule has 0 saturated carbocycles.